The summed E-state index contributed by atoms with van der Waals surface area (Å²) in [5.74, 6) is -0.0898. The number of amides is 2. The molecule has 2 aromatic rings. The average Bonchev–Trinajstić information content (AvgIpc) is 2.74. The van der Waals surface area contributed by atoms with E-state index in [-0.39, 0.29) is 17.7 Å². The highest BCUT2D eigenvalue weighted by Gasteiger charge is 2.19. The summed E-state index contributed by atoms with van der Waals surface area (Å²) in [6.45, 7) is 8.46. The summed E-state index contributed by atoms with van der Waals surface area (Å²) in [4.78, 5) is 28.2. The molecule has 1 fully saturated rings. The molecular weight excluding hydrogens is 350 g/mol. The van der Waals surface area contributed by atoms with E-state index in [1.165, 1.54) is 6.08 Å². The van der Waals surface area contributed by atoms with Crippen LogP contribution in [0.4, 0.5) is 11.4 Å². The zero-order valence-corrected chi connectivity index (χ0v) is 16.3. The minimum atomic E-state index is -0.0995. The number of rotatable bonds is 6. The van der Waals surface area contributed by atoms with Gasteiger partial charge in [0.2, 0.25) is 11.8 Å². The molecule has 1 saturated heterocycles. The number of benzene rings is 2. The Morgan fingerprint density at radius 1 is 1.04 bits per heavy atom. The Hall–Kier alpha value is -3.08. The Labute approximate surface area is 166 Å². The minimum Gasteiger partial charge on any atom is -0.368 e. The fourth-order valence-corrected chi connectivity index (χ4v) is 3.40. The highest BCUT2D eigenvalue weighted by Crippen LogP contribution is 2.20. The van der Waals surface area contributed by atoms with Crippen LogP contribution in [0.1, 0.15) is 12.5 Å². The standard InChI is InChI=1S/C23H27N3O2/c1-3-22(27)26-15-13-25(14-16-26)21-11-9-20(10-12-21)24-23(28)18(2)17-19-7-5-4-6-8-19/h3-12,18H,1,13-17H2,2H3,(H,24,28). The first-order valence-electron chi connectivity index (χ1n) is 9.68. The fourth-order valence-electron chi connectivity index (χ4n) is 3.40. The van der Waals surface area contributed by atoms with E-state index in [1.807, 2.05) is 66.4 Å². The zero-order chi connectivity index (χ0) is 19.9. The number of carbonyl (C=O) groups is 2. The first-order valence-corrected chi connectivity index (χ1v) is 9.68. The molecule has 1 aliphatic rings. The van der Waals surface area contributed by atoms with Crippen molar-refractivity contribution in [3.63, 3.8) is 0 Å². The summed E-state index contributed by atoms with van der Waals surface area (Å²) in [5.41, 5.74) is 3.06. The van der Waals surface area contributed by atoms with Gasteiger partial charge in [-0.2, -0.15) is 0 Å². The van der Waals surface area contributed by atoms with E-state index in [0.717, 1.165) is 36.4 Å². The number of carbonyl (C=O) groups excluding carboxylic acids is 2. The van der Waals surface area contributed by atoms with Crippen molar-refractivity contribution in [2.24, 2.45) is 5.92 Å². The number of anilines is 2. The van der Waals surface area contributed by atoms with Crippen LogP contribution in [-0.4, -0.2) is 42.9 Å². The highest BCUT2D eigenvalue weighted by atomic mass is 16.2. The number of nitrogens with one attached hydrogen (secondary N) is 1. The number of nitrogens with zero attached hydrogens (tertiary/aromatic N) is 2. The lowest BCUT2D eigenvalue weighted by atomic mass is 10.0. The molecule has 0 radical (unpaired) electrons. The zero-order valence-electron chi connectivity index (χ0n) is 16.3. The van der Waals surface area contributed by atoms with Gasteiger partial charge in [0.25, 0.3) is 0 Å². The van der Waals surface area contributed by atoms with Crippen LogP contribution in [-0.2, 0) is 16.0 Å². The van der Waals surface area contributed by atoms with Crippen LogP contribution >= 0.6 is 0 Å². The molecule has 1 unspecified atom stereocenters. The van der Waals surface area contributed by atoms with E-state index in [2.05, 4.69) is 16.8 Å². The summed E-state index contributed by atoms with van der Waals surface area (Å²) < 4.78 is 0. The van der Waals surface area contributed by atoms with Gasteiger partial charge in [0.1, 0.15) is 0 Å². The van der Waals surface area contributed by atoms with E-state index < -0.39 is 0 Å². The van der Waals surface area contributed by atoms with Gasteiger partial charge in [-0.1, -0.05) is 43.8 Å². The molecule has 28 heavy (non-hydrogen) atoms. The summed E-state index contributed by atoms with van der Waals surface area (Å²) in [5, 5.41) is 3.00. The van der Waals surface area contributed by atoms with E-state index in [1.54, 1.807) is 0 Å². The molecule has 1 atom stereocenters. The molecule has 5 nitrogen and oxygen atoms in total. The van der Waals surface area contributed by atoms with Gasteiger partial charge in [-0.25, -0.2) is 0 Å². The smallest absolute Gasteiger partial charge is 0.246 e. The van der Waals surface area contributed by atoms with Gasteiger partial charge in [0, 0.05) is 43.5 Å². The normalized spacial score (nSPS) is 15.0. The second-order valence-electron chi connectivity index (χ2n) is 7.14. The van der Waals surface area contributed by atoms with Gasteiger partial charge in [-0.05, 0) is 42.3 Å². The van der Waals surface area contributed by atoms with Crippen LogP contribution in [0.5, 0.6) is 0 Å². The summed E-state index contributed by atoms with van der Waals surface area (Å²) >= 11 is 0. The van der Waals surface area contributed by atoms with E-state index in [0.29, 0.717) is 13.1 Å². The van der Waals surface area contributed by atoms with Gasteiger partial charge in [0.05, 0.1) is 0 Å². The number of hydrogen-bond acceptors (Lipinski definition) is 3. The third kappa shape index (κ3) is 5.00. The largest absolute Gasteiger partial charge is 0.368 e. The molecule has 3 rings (SSSR count). The molecule has 146 valence electrons. The quantitative estimate of drug-likeness (QED) is 0.786. The molecule has 1 N–H and O–H groups in total. The van der Waals surface area contributed by atoms with E-state index >= 15 is 0 Å². The van der Waals surface area contributed by atoms with Crippen LogP contribution < -0.4 is 10.2 Å². The molecule has 0 saturated carbocycles. The maximum Gasteiger partial charge on any atom is 0.246 e. The van der Waals surface area contributed by atoms with Gasteiger partial charge >= 0.3 is 0 Å². The predicted molar refractivity (Wildman–Crippen MR) is 113 cm³/mol. The van der Waals surface area contributed by atoms with E-state index in [9.17, 15) is 9.59 Å². The maximum atomic E-state index is 12.5. The number of piperazine rings is 1. The van der Waals surface area contributed by atoms with Crippen molar-refractivity contribution in [1.82, 2.24) is 4.90 Å². The van der Waals surface area contributed by atoms with Crippen molar-refractivity contribution < 1.29 is 9.59 Å². The summed E-state index contributed by atoms with van der Waals surface area (Å²) in [6, 6.07) is 17.9. The van der Waals surface area contributed by atoms with Crippen molar-refractivity contribution in [2.75, 3.05) is 36.4 Å². The molecule has 0 aliphatic carbocycles. The third-order valence-corrected chi connectivity index (χ3v) is 5.10. The first-order chi connectivity index (χ1) is 13.6. The molecule has 0 spiro atoms. The molecule has 1 heterocycles. The van der Waals surface area contributed by atoms with Crippen LogP contribution in [0.15, 0.2) is 67.3 Å². The molecule has 2 aromatic carbocycles. The monoisotopic (exact) mass is 377 g/mol. The lowest BCUT2D eigenvalue weighted by Crippen LogP contribution is -2.48. The maximum absolute atomic E-state index is 12.5. The van der Waals surface area contributed by atoms with Crippen molar-refractivity contribution in [3.8, 4) is 0 Å². The predicted octanol–water partition coefficient (Wildman–Crippen LogP) is 3.34. The number of hydrogen-bond donors (Lipinski definition) is 1. The van der Waals surface area contributed by atoms with Gasteiger partial charge < -0.3 is 15.1 Å². The van der Waals surface area contributed by atoms with Gasteiger partial charge in [-0.3, -0.25) is 9.59 Å². The highest BCUT2D eigenvalue weighted by molar-refractivity contribution is 5.92. The van der Waals surface area contributed by atoms with Crippen molar-refractivity contribution >= 4 is 23.2 Å². The van der Waals surface area contributed by atoms with Gasteiger partial charge in [0.15, 0.2) is 0 Å². The Balaban J connectivity index is 1.52. The summed E-state index contributed by atoms with van der Waals surface area (Å²) in [6.07, 6.45) is 2.09. The van der Waals surface area contributed by atoms with E-state index in [4.69, 9.17) is 0 Å². The van der Waals surface area contributed by atoms with Crippen LogP contribution in [0.25, 0.3) is 0 Å². The van der Waals surface area contributed by atoms with Crippen molar-refractivity contribution in [1.29, 1.82) is 0 Å². The SMILES string of the molecule is C=CC(=O)N1CCN(c2ccc(NC(=O)C(C)Cc3ccccc3)cc2)CC1. The second-order valence-corrected chi connectivity index (χ2v) is 7.14. The molecule has 2 amide bonds. The topological polar surface area (TPSA) is 52.7 Å². The van der Waals surface area contributed by atoms with Crippen molar-refractivity contribution in [2.45, 2.75) is 13.3 Å². The lowest BCUT2D eigenvalue weighted by molar-refractivity contribution is -0.126. The molecule has 5 heteroatoms. The molecule has 0 aromatic heterocycles. The second kappa shape index (κ2) is 9.22. The Kier molecular flexibility index (Phi) is 6.48. The van der Waals surface area contributed by atoms with Crippen LogP contribution in [0.3, 0.4) is 0 Å². The van der Waals surface area contributed by atoms with Crippen molar-refractivity contribution in [3.05, 3.63) is 72.8 Å². The molecule has 1 aliphatic heterocycles. The third-order valence-electron chi connectivity index (χ3n) is 5.10. The minimum absolute atomic E-state index is 0.0117. The Morgan fingerprint density at radius 3 is 2.29 bits per heavy atom. The van der Waals surface area contributed by atoms with Gasteiger partial charge in [-0.15, -0.1) is 0 Å². The molecule has 0 bridgehead atoms. The first kappa shape index (κ1) is 19.7. The summed E-state index contributed by atoms with van der Waals surface area (Å²) in [7, 11) is 0. The Morgan fingerprint density at radius 2 is 1.68 bits per heavy atom. The average molecular weight is 377 g/mol. The Bertz CT molecular complexity index is 810. The lowest BCUT2D eigenvalue weighted by Gasteiger charge is -2.35. The van der Waals surface area contributed by atoms with Crippen LogP contribution in [0.2, 0.25) is 0 Å². The molecular formula is C23H27N3O2. The van der Waals surface area contributed by atoms with Crippen LogP contribution in [0, 0.1) is 5.92 Å². The fraction of sp³-hybridized carbons (Fsp3) is 0.304.